The van der Waals surface area contributed by atoms with E-state index in [1.807, 2.05) is 24.3 Å². The van der Waals surface area contributed by atoms with Gasteiger partial charge in [-0.25, -0.2) is 0 Å². The molecular weight excluding hydrogens is 327 g/mol. The van der Waals surface area contributed by atoms with Crippen LogP contribution >= 0.6 is 46.7 Å². The molecule has 0 saturated heterocycles. The highest BCUT2D eigenvalue weighted by atomic mass is 35.5. The van der Waals surface area contributed by atoms with E-state index in [2.05, 4.69) is 38.1 Å². The first-order chi connectivity index (χ1) is 9.54. The van der Waals surface area contributed by atoms with Gasteiger partial charge in [0.05, 0.1) is 0 Å². The van der Waals surface area contributed by atoms with E-state index in [9.17, 15) is 0 Å². The van der Waals surface area contributed by atoms with Crippen LogP contribution in [-0.2, 0) is 0 Å². The summed E-state index contributed by atoms with van der Waals surface area (Å²) in [5, 5.41) is 0. The van der Waals surface area contributed by atoms with E-state index in [1.54, 1.807) is 0 Å². The van der Waals surface area contributed by atoms with Crippen molar-refractivity contribution in [2.24, 2.45) is 0 Å². The van der Waals surface area contributed by atoms with Gasteiger partial charge in [0.2, 0.25) is 0 Å². The van der Waals surface area contributed by atoms with Crippen molar-refractivity contribution in [2.75, 3.05) is 0 Å². The highest BCUT2D eigenvalue weighted by molar-refractivity contribution is 8.08. The molecule has 0 unspecified atom stereocenters. The molecule has 0 saturated carbocycles. The predicted octanol–water partition coefficient (Wildman–Crippen LogP) is 6.79. The smallest absolute Gasteiger partial charge is 0.0756 e. The second-order valence-electron chi connectivity index (χ2n) is 4.38. The Morgan fingerprint density at radius 1 is 0.650 bits per heavy atom. The SMILES string of the molecule is Cc1ccc(S/C(Cl)=C(\Cl)Sc2ccc(C)cc2)cc1. The molecule has 0 aliphatic carbocycles. The third kappa shape index (κ3) is 4.78. The Balaban J connectivity index is 2.06. The summed E-state index contributed by atoms with van der Waals surface area (Å²) in [6, 6.07) is 16.4. The van der Waals surface area contributed by atoms with Crippen molar-refractivity contribution in [3.8, 4) is 0 Å². The van der Waals surface area contributed by atoms with Crippen LogP contribution < -0.4 is 0 Å². The van der Waals surface area contributed by atoms with Gasteiger partial charge in [-0.05, 0) is 38.1 Å². The fourth-order valence-electron chi connectivity index (χ4n) is 1.50. The molecule has 2 aromatic rings. The van der Waals surface area contributed by atoms with Gasteiger partial charge in [-0.3, -0.25) is 0 Å². The Kier molecular flexibility index (Phi) is 5.91. The number of hydrogen-bond donors (Lipinski definition) is 0. The number of thioether (sulfide) groups is 2. The molecule has 0 heterocycles. The lowest BCUT2D eigenvalue weighted by molar-refractivity contribution is 1.38. The fraction of sp³-hybridized carbons (Fsp3) is 0.125. The Hall–Kier alpha value is -0.540. The van der Waals surface area contributed by atoms with E-state index in [-0.39, 0.29) is 0 Å². The number of benzene rings is 2. The van der Waals surface area contributed by atoms with Crippen molar-refractivity contribution >= 4 is 46.7 Å². The largest absolute Gasteiger partial charge is 0.104 e. The van der Waals surface area contributed by atoms with E-state index >= 15 is 0 Å². The Bertz CT molecular complexity index is 546. The zero-order chi connectivity index (χ0) is 14.5. The van der Waals surface area contributed by atoms with Gasteiger partial charge in [0, 0.05) is 9.79 Å². The van der Waals surface area contributed by atoms with Crippen LogP contribution in [0.4, 0.5) is 0 Å². The number of rotatable bonds is 4. The van der Waals surface area contributed by atoms with Gasteiger partial charge >= 0.3 is 0 Å². The maximum Gasteiger partial charge on any atom is 0.104 e. The van der Waals surface area contributed by atoms with Gasteiger partial charge in [-0.15, -0.1) is 0 Å². The van der Waals surface area contributed by atoms with Gasteiger partial charge in [0.1, 0.15) is 8.73 Å². The molecule has 4 heteroatoms. The third-order valence-electron chi connectivity index (χ3n) is 2.61. The molecule has 2 aromatic carbocycles. The van der Waals surface area contributed by atoms with E-state index in [0.717, 1.165) is 9.79 Å². The molecule has 104 valence electrons. The minimum atomic E-state index is 0.598. The first kappa shape index (κ1) is 15.8. The Morgan fingerprint density at radius 3 is 1.25 bits per heavy atom. The molecule has 0 radical (unpaired) electrons. The molecule has 0 aliphatic heterocycles. The molecule has 0 aliphatic rings. The molecule has 0 atom stereocenters. The molecule has 0 bridgehead atoms. The van der Waals surface area contributed by atoms with E-state index in [4.69, 9.17) is 23.2 Å². The molecule has 0 spiro atoms. The highest BCUT2D eigenvalue weighted by Gasteiger charge is 2.06. The summed E-state index contributed by atoms with van der Waals surface area (Å²) in [5.41, 5.74) is 2.46. The topological polar surface area (TPSA) is 0 Å². The molecule has 0 aromatic heterocycles. The minimum absolute atomic E-state index is 0.598. The molecule has 20 heavy (non-hydrogen) atoms. The first-order valence-corrected chi connectivity index (χ1v) is 8.48. The first-order valence-electron chi connectivity index (χ1n) is 6.09. The standard InChI is InChI=1S/C16H14Cl2S2/c1-11-3-7-13(8-4-11)19-15(17)16(18)20-14-9-5-12(2)6-10-14/h3-10H,1-2H3/b16-15+. The predicted molar refractivity (Wildman–Crippen MR) is 92.8 cm³/mol. The van der Waals surface area contributed by atoms with Crippen LogP contribution in [0.2, 0.25) is 0 Å². The average Bonchev–Trinajstić information content (AvgIpc) is 2.44. The van der Waals surface area contributed by atoms with Crippen LogP contribution in [0, 0.1) is 13.8 Å². The molecule has 0 nitrogen and oxygen atoms in total. The molecule has 0 amide bonds. The minimum Gasteiger partial charge on any atom is -0.0756 e. The molecule has 0 fully saturated rings. The summed E-state index contributed by atoms with van der Waals surface area (Å²) in [7, 11) is 0. The highest BCUT2D eigenvalue weighted by Crippen LogP contribution is 2.40. The van der Waals surface area contributed by atoms with E-state index in [1.165, 1.54) is 34.7 Å². The van der Waals surface area contributed by atoms with Crippen LogP contribution in [-0.4, -0.2) is 0 Å². The maximum atomic E-state index is 6.28. The van der Waals surface area contributed by atoms with Gasteiger partial charge in [0.15, 0.2) is 0 Å². The summed E-state index contributed by atoms with van der Waals surface area (Å²) in [5.74, 6) is 0. The van der Waals surface area contributed by atoms with Crippen LogP contribution in [0.5, 0.6) is 0 Å². The van der Waals surface area contributed by atoms with Crippen molar-refractivity contribution in [3.05, 3.63) is 68.4 Å². The molecular formula is C16H14Cl2S2. The lowest BCUT2D eigenvalue weighted by Crippen LogP contribution is -1.76. The van der Waals surface area contributed by atoms with Gasteiger partial charge in [-0.2, -0.15) is 0 Å². The van der Waals surface area contributed by atoms with Crippen molar-refractivity contribution < 1.29 is 0 Å². The second-order valence-corrected chi connectivity index (χ2v) is 7.75. The summed E-state index contributed by atoms with van der Waals surface area (Å²) in [6.45, 7) is 4.12. The molecule has 0 N–H and O–H groups in total. The van der Waals surface area contributed by atoms with Crippen LogP contribution in [0.25, 0.3) is 0 Å². The monoisotopic (exact) mass is 340 g/mol. The summed E-state index contributed by atoms with van der Waals surface area (Å²) in [6.07, 6.45) is 0. The number of halogens is 2. The Labute approximate surface area is 138 Å². The van der Waals surface area contributed by atoms with Gasteiger partial charge < -0.3 is 0 Å². The molecule has 2 rings (SSSR count). The van der Waals surface area contributed by atoms with Gasteiger partial charge in [0.25, 0.3) is 0 Å². The van der Waals surface area contributed by atoms with Crippen molar-refractivity contribution in [1.82, 2.24) is 0 Å². The normalized spacial score (nSPS) is 12.2. The van der Waals surface area contributed by atoms with Crippen LogP contribution in [0.3, 0.4) is 0 Å². The number of aryl methyl sites for hydroxylation is 2. The van der Waals surface area contributed by atoms with Crippen molar-refractivity contribution in [2.45, 2.75) is 23.6 Å². The summed E-state index contributed by atoms with van der Waals surface area (Å²) in [4.78, 5) is 2.17. The zero-order valence-corrected chi connectivity index (χ0v) is 14.3. The van der Waals surface area contributed by atoms with Gasteiger partial charge in [-0.1, -0.05) is 82.1 Å². The van der Waals surface area contributed by atoms with Crippen LogP contribution in [0.15, 0.2) is 67.1 Å². The summed E-state index contributed by atoms with van der Waals surface area (Å²) >= 11 is 15.5. The van der Waals surface area contributed by atoms with Crippen molar-refractivity contribution in [3.63, 3.8) is 0 Å². The maximum absolute atomic E-state index is 6.28. The quantitative estimate of drug-likeness (QED) is 0.561. The fourth-order valence-corrected chi connectivity index (χ4v) is 3.63. The van der Waals surface area contributed by atoms with E-state index in [0.29, 0.717) is 8.73 Å². The van der Waals surface area contributed by atoms with Crippen molar-refractivity contribution in [1.29, 1.82) is 0 Å². The summed E-state index contributed by atoms with van der Waals surface area (Å²) < 4.78 is 1.20. The Morgan fingerprint density at radius 2 is 0.950 bits per heavy atom. The average molecular weight is 341 g/mol. The second kappa shape index (κ2) is 7.46. The lowest BCUT2D eigenvalue weighted by atomic mass is 10.2. The number of hydrogen-bond acceptors (Lipinski definition) is 2. The zero-order valence-electron chi connectivity index (χ0n) is 11.2. The van der Waals surface area contributed by atoms with E-state index < -0.39 is 0 Å². The van der Waals surface area contributed by atoms with Crippen LogP contribution in [0.1, 0.15) is 11.1 Å². The third-order valence-corrected chi connectivity index (χ3v) is 5.68. The lowest BCUT2D eigenvalue weighted by Gasteiger charge is -2.05.